The standard InChI is InChI=1S/C25H28N2O4S2/c1-20(25(28)26-17-18-32-19-21-9-5-3-6-10-21)27(33(2,29)30)22-13-15-24(16-14-22)31-23-11-7-4-8-12-23/h3-16,20H,17-19H2,1-2H3,(H,26,28)/t20-/m1/s1. The largest absolute Gasteiger partial charge is 0.457 e. The van der Waals surface area contributed by atoms with E-state index in [1.807, 2.05) is 48.5 Å². The summed E-state index contributed by atoms with van der Waals surface area (Å²) in [5.41, 5.74) is 1.63. The van der Waals surface area contributed by atoms with E-state index in [0.29, 0.717) is 23.7 Å². The molecule has 1 amide bonds. The second kappa shape index (κ2) is 11.8. The van der Waals surface area contributed by atoms with Crippen LogP contribution in [0.4, 0.5) is 5.69 Å². The van der Waals surface area contributed by atoms with Crippen LogP contribution in [-0.4, -0.2) is 38.9 Å². The predicted molar refractivity (Wildman–Crippen MR) is 135 cm³/mol. The Kier molecular flexibility index (Phi) is 8.79. The predicted octanol–water partition coefficient (Wildman–Crippen LogP) is 4.68. The van der Waals surface area contributed by atoms with E-state index in [4.69, 9.17) is 4.74 Å². The molecular weight excluding hydrogens is 456 g/mol. The molecule has 3 rings (SSSR count). The van der Waals surface area contributed by atoms with Crippen molar-refractivity contribution in [1.29, 1.82) is 0 Å². The molecule has 0 saturated carbocycles. The number of thioether (sulfide) groups is 1. The van der Waals surface area contributed by atoms with E-state index in [9.17, 15) is 13.2 Å². The normalized spacial score (nSPS) is 12.1. The van der Waals surface area contributed by atoms with Crippen molar-refractivity contribution in [2.45, 2.75) is 18.7 Å². The summed E-state index contributed by atoms with van der Waals surface area (Å²) in [4.78, 5) is 12.7. The van der Waals surface area contributed by atoms with E-state index in [0.717, 1.165) is 22.1 Å². The average Bonchev–Trinajstić information content (AvgIpc) is 2.80. The molecule has 0 aliphatic carbocycles. The maximum absolute atomic E-state index is 12.7. The zero-order valence-corrected chi connectivity index (χ0v) is 20.3. The molecule has 0 heterocycles. The number of hydrogen-bond donors (Lipinski definition) is 1. The van der Waals surface area contributed by atoms with Gasteiger partial charge in [0.15, 0.2) is 0 Å². The maximum Gasteiger partial charge on any atom is 0.243 e. The highest BCUT2D eigenvalue weighted by atomic mass is 32.2. The fourth-order valence-corrected chi connectivity index (χ4v) is 5.25. The molecule has 3 aromatic carbocycles. The van der Waals surface area contributed by atoms with Gasteiger partial charge in [-0.3, -0.25) is 9.10 Å². The zero-order chi connectivity index (χ0) is 23.7. The summed E-state index contributed by atoms with van der Waals surface area (Å²) < 4.78 is 31.9. The molecule has 3 aromatic rings. The van der Waals surface area contributed by atoms with E-state index >= 15 is 0 Å². The fraction of sp³-hybridized carbons (Fsp3) is 0.240. The van der Waals surface area contributed by atoms with Gasteiger partial charge in [-0.05, 0) is 48.9 Å². The Labute approximate surface area is 200 Å². The van der Waals surface area contributed by atoms with Gasteiger partial charge in [0.05, 0.1) is 11.9 Å². The second-order valence-corrected chi connectivity index (χ2v) is 10.4. The Hall–Kier alpha value is -2.97. The first-order valence-corrected chi connectivity index (χ1v) is 13.6. The topological polar surface area (TPSA) is 75.7 Å². The fourth-order valence-electron chi connectivity index (χ4n) is 3.25. The quantitative estimate of drug-likeness (QED) is 0.400. The second-order valence-electron chi connectivity index (χ2n) is 7.47. The Morgan fingerprint density at radius 2 is 1.52 bits per heavy atom. The number of nitrogens with zero attached hydrogens (tertiary/aromatic N) is 1. The highest BCUT2D eigenvalue weighted by Crippen LogP contribution is 2.27. The number of carbonyl (C=O) groups excluding carboxylic acids is 1. The van der Waals surface area contributed by atoms with Crippen LogP contribution in [0, 0.1) is 0 Å². The monoisotopic (exact) mass is 484 g/mol. The lowest BCUT2D eigenvalue weighted by molar-refractivity contribution is -0.121. The summed E-state index contributed by atoms with van der Waals surface area (Å²) in [5, 5.41) is 2.84. The lowest BCUT2D eigenvalue weighted by Crippen LogP contribution is -2.48. The molecule has 1 N–H and O–H groups in total. The lowest BCUT2D eigenvalue weighted by atomic mass is 10.2. The van der Waals surface area contributed by atoms with Crippen molar-refractivity contribution < 1.29 is 17.9 Å². The minimum atomic E-state index is -3.68. The van der Waals surface area contributed by atoms with Gasteiger partial charge in [0, 0.05) is 18.1 Å². The van der Waals surface area contributed by atoms with Gasteiger partial charge in [-0.25, -0.2) is 8.42 Å². The van der Waals surface area contributed by atoms with Gasteiger partial charge in [0.1, 0.15) is 17.5 Å². The van der Waals surface area contributed by atoms with Crippen LogP contribution in [0.3, 0.4) is 0 Å². The van der Waals surface area contributed by atoms with Crippen molar-refractivity contribution in [3.05, 3.63) is 90.5 Å². The van der Waals surface area contributed by atoms with E-state index < -0.39 is 16.1 Å². The number of nitrogens with one attached hydrogen (secondary N) is 1. The van der Waals surface area contributed by atoms with E-state index in [1.165, 1.54) is 5.56 Å². The van der Waals surface area contributed by atoms with Crippen LogP contribution in [0.25, 0.3) is 0 Å². The van der Waals surface area contributed by atoms with Crippen LogP contribution < -0.4 is 14.4 Å². The van der Waals surface area contributed by atoms with Gasteiger partial charge in [0.25, 0.3) is 0 Å². The van der Waals surface area contributed by atoms with Gasteiger partial charge in [-0.1, -0.05) is 48.5 Å². The number of sulfonamides is 1. The summed E-state index contributed by atoms with van der Waals surface area (Å²) >= 11 is 1.71. The van der Waals surface area contributed by atoms with Crippen molar-refractivity contribution in [3.63, 3.8) is 0 Å². The minimum absolute atomic E-state index is 0.342. The Balaban J connectivity index is 1.57. The first-order valence-electron chi connectivity index (χ1n) is 10.6. The Bertz CT molecular complexity index is 1120. The molecule has 0 bridgehead atoms. The molecule has 0 aromatic heterocycles. The Morgan fingerprint density at radius 3 is 2.12 bits per heavy atom. The van der Waals surface area contributed by atoms with Crippen molar-refractivity contribution in [3.8, 4) is 11.5 Å². The number of anilines is 1. The minimum Gasteiger partial charge on any atom is -0.457 e. The molecule has 8 heteroatoms. The smallest absolute Gasteiger partial charge is 0.243 e. The maximum atomic E-state index is 12.7. The molecule has 0 aliphatic heterocycles. The third-order valence-corrected chi connectivity index (χ3v) is 7.09. The van der Waals surface area contributed by atoms with Gasteiger partial charge < -0.3 is 10.1 Å². The molecule has 0 aliphatic rings. The van der Waals surface area contributed by atoms with Crippen LogP contribution in [0.5, 0.6) is 11.5 Å². The lowest BCUT2D eigenvalue weighted by Gasteiger charge is -2.28. The summed E-state index contributed by atoms with van der Waals surface area (Å²) in [6, 6.07) is 25.2. The molecule has 0 unspecified atom stereocenters. The average molecular weight is 485 g/mol. The number of para-hydroxylation sites is 1. The summed E-state index contributed by atoms with van der Waals surface area (Å²) in [6.07, 6.45) is 1.10. The summed E-state index contributed by atoms with van der Waals surface area (Å²) in [7, 11) is -3.68. The Morgan fingerprint density at radius 1 is 0.939 bits per heavy atom. The van der Waals surface area contributed by atoms with Crippen LogP contribution in [0.1, 0.15) is 12.5 Å². The molecule has 6 nitrogen and oxygen atoms in total. The van der Waals surface area contributed by atoms with Crippen molar-refractivity contribution in [1.82, 2.24) is 5.32 Å². The first kappa shape index (κ1) is 24.7. The highest BCUT2D eigenvalue weighted by Gasteiger charge is 2.28. The SMILES string of the molecule is C[C@H](C(=O)NCCSCc1ccccc1)N(c1ccc(Oc2ccccc2)cc1)S(C)(=O)=O. The van der Waals surface area contributed by atoms with Gasteiger partial charge in [-0.15, -0.1) is 0 Å². The van der Waals surface area contributed by atoms with Gasteiger partial charge in [-0.2, -0.15) is 11.8 Å². The van der Waals surface area contributed by atoms with Gasteiger partial charge in [0.2, 0.25) is 15.9 Å². The highest BCUT2D eigenvalue weighted by molar-refractivity contribution is 7.98. The molecule has 174 valence electrons. The van der Waals surface area contributed by atoms with E-state index in [1.54, 1.807) is 43.0 Å². The van der Waals surface area contributed by atoms with Gasteiger partial charge >= 0.3 is 0 Å². The number of hydrogen-bond acceptors (Lipinski definition) is 5. The summed E-state index contributed by atoms with van der Waals surface area (Å²) in [5.74, 6) is 2.51. The third kappa shape index (κ3) is 7.54. The summed E-state index contributed by atoms with van der Waals surface area (Å²) in [6.45, 7) is 2.05. The number of amides is 1. The molecule has 33 heavy (non-hydrogen) atoms. The van der Waals surface area contributed by atoms with Crippen LogP contribution in [0.2, 0.25) is 0 Å². The first-order chi connectivity index (χ1) is 15.8. The number of rotatable bonds is 11. The van der Waals surface area contributed by atoms with Crippen molar-refractivity contribution in [2.75, 3.05) is 22.9 Å². The number of ether oxygens (including phenoxy) is 1. The number of benzene rings is 3. The van der Waals surface area contributed by atoms with Crippen molar-refractivity contribution in [2.24, 2.45) is 0 Å². The van der Waals surface area contributed by atoms with E-state index in [2.05, 4.69) is 17.4 Å². The van der Waals surface area contributed by atoms with Crippen LogP contribution in [-0.2, 0) is 20.6 Å². The molecule has 0 fully saturated rings. The van der Waals surface area contributed by atoms with E-state index in [-0.39, 0.29) is 5.91 Å². The molecule has 0 radical (unpaired) electrons. The molecule has 0 spiro atoms. The molecular formula is C25H28N2O4S2. The molecule has 1 atom stereocenters. The van der Waals surface area contributed by atoms with Crippen LogP contribution in [0.15, 0.2) is 84.9 Å². The number of carbonyl (C=O) groups is 1. The third-order valence-electron chi connectivity index (χ3n) is 4.82. The molecule has 0 saturated heterocycles. The van der Waals surface area contributed by atoms with Crippen LogP contribution >= 0.6 is 11.8 Å². The zero-order valence-electron chi connectivity index (χ0n) is 18.7. The van der Waals surface area contributed by atoms with Crippen molar-refractivity contribution >= 4 is 33.4 Å².